The zero-order valence-electron chi connectivity index (χ0n) is 16.0. The Balaban J connectivity index is 2.23. The zero-order chi connectivity index (χ0) is 21.1. The summed E-state index contributed by atoms with van der Waals surface area (Å²) in [5.41, 5.74) is -0.857. The Kier molecular flexibility index (Phi) is 6.56. The molecule has 10 heteroatoms. The molecular formula is C18H24FN3O5S. The van der Waals surface area contributed by atoms with E-state index in [0.29, 0.717) is 19.3 Å². The van der Waals surface area contributed by atoms with Gasteiger partial charge in [-0.15, -0.1) is 4.83 Å². The molecule has 1 fully saturated rings. The molecule has 2 amide bonds. The third-order valence-electron chi connectivity index (χ3n) is 4.96. The lowest BCUT2D eigenvalue weighted by Crippen LogP contribution is -2.56. The van der Waals surface area contributed by atoms with Crippen LogP contribution >= 0.6 is 0 Å². The van der Waals surface area contributed by atoms with E-state index in [9.17, 15) is 27.2 Å². The highest BCUT2D eigenvalue weighted by atomic mass is 32.2. The van der Waals surface area contributed by atoms with Gasteiger partial charge in [0.15, 0.2) is 0 Å². The first-order chi connectivity index (χ1) is 13.0. The second kappa shape index (κ2) is 8.36. The fraction of sp³-hybridized carbons (Fsp3) is 0.500. The number of carbonyl (C=O) groups excluding carboxylic acids is 3. The summed E-state index contributed by atoms with van der Waals surface area (Å²) >= 11 is 0. The van der Waals surface area contributed by atoms with Crippen molar-refractivity contribution in [3.63, 3.8) is 0 Å². The molecule has 0 spiro atoms. The van der Waals surface area contributed by atoms with Crippen molar-refractivity contribution in [3.05, 3.63) is 30.1 Å². The van der Waals surface area contributed by atoms with Crippen molar-refractivity contribution in [2.45, 2.75) is 51.1 Å². The van der Waals surface area contributed by atoms with E-state index in [1.54, 1.807) is 20.8 Å². The number of likely N-dealkylation sites (tertiary alicyclic amines) is 1. The van der Waals surface area contributed by atoms with Gasteiger partial charge in [0.1, 0.15) is 12.0 Å². The summed E-state index contributed by atoms with van der Waals surface area (Å²) in [5.74, 6) is -1.94. The minimum Gasteiger partial charge on any atom is -0.314 e. The lowest BCUT2D eigenvalue weighted by atomic mass is 9.84. The molecule has 1 aromatic carbocycles. The van der Waals surface area contributed by atoms with Crippen molar-refractivity contribution in [1.29, 1.82) is 0 Å². The summed E-state index contributed by atoms with van der Waals surface area (Å²) in [5, 5.41) is 0.760. The van der Waals surface area contributed by atoms with Crippen LogP contribution in [-0.4, -0.2) is 49.1 Å². The molecule has 1 atom stereocenters. The molecule has 0 aromatic heterocycles. The molecule has 0 bridgehead atoms. The standard InChI is InChI=1S/C18H24FN3O5S/c1-4-18(2,3)16(24)17(25)21-11-5-6-15(21)22(12-23)20-28(26,27)14-9-7-13(19)8-10-14/h7-10,12,15,20H,4-6,11H2,1-3H3. The van der Waals surface area contributed by atoms with E-state index in [1.165, 1.54) is 4.90 Å². The van der Waals surface area contributed by atoms with Gasteiger partial charge in [-0.2, -0.15) is 0 Å². The molecule has 0 radical (unpaired) electrons. The van der Waals surface area contributed by atoms with Crippen LogP contribution in [0.3, 0.4) is 0 Å². The van der Waals surface area contributed by atoms with Crippen LogP contribution in [0, 0.1) is 11.2 Å². The molecule has 1 aliphatic rings. The van der Waals surface area contributed by atoms with Crippen molar-refractivity contribution in [2.24, 2.45) is 5.41 Å². The minimum absolute atomic E-state index is 0.234. The van der Waals surface area contributed by atoms with E-state index in [1.807, 2.05) is 0 Å². The van der Waals surface area contributed by atoms with Crippen molar-refractivity contribution in [2.75, 3.05) is 6.54 Å². The Bertz CT molecular complexity index is 854. The van der Waals surface area contributed by atoms with Gasteiger partial charge in [0, 0.05) is 12.0 Å². The molecule has 154 valence electrons. The highest BCUT2D eigenvalue weighted by molar-refractivity contribution is 7.89. The number of hydrogen-bond donors (Lipinski definition) is 1. The lowest BCUT2D eigenvalue weighted by Gasteiger charge is -2.33. The second-order valence-electron chi connectivity index (χ2n) is 7.25. The predicted molar refractivity (Wildman–Crippen MR) is 98.4 cm³/mol. The van der Waals surface area contributed by atoms with Crippen LogP contribution in [0.4, 0.5) is 4.39 Å². The van der Waals surface area contributed by atoms with Crippen LogP contribution in [0.15, 0.2) is 29.2 Å². The summed E-state index contributed by atoms with van der Waals surface area (Å²) in [7, 11) is -4.17. The van der Waals surface area contributed by atoms with Gasteiger partial charge in [0.25, 0.3) is 15.9 Å². The van der Waals surface area contributed by atoms with E-state index in [0.717, 1.165) is 29.3 Å². The van der Waals surface area contributed by atoms with Gasteiger partial charge in [-0.25, -0.2) is 17.8 Å². The van der Waals surface area contributed by atoms with Gasteiger partial charge in [-0.1, -0.05) is 20.8 Å². The largest absolute Gasteiger partial charge is 0.314 e. The number of rotatable bonds is 8. The number of amides is 2. The number of sulfonamides is 1. The molecular weight excluding hydrogens is 389 g/mol. The van der Waals surface area contributed by atoms with E-state index in [2.05, 4.69) is 4.83 Å². The van der Waals surface area contributed by atoms with Crippen LogP contribution in [-0.2, 0) is 24.4 Å². The Morgan fingerprint density at radius 2 is 1.93 bits per heavy atom. The number of carbonyl (C=O) groups is 3. The number of ketones is 1. The average Bonchev–Trinajstić information content (AvgIpc) is 3.14. The van der Waals surface area contributed by atoms with Crippen molar-refractivity contribution in [3.8, 4) is 0 Å². The van der Waals surface area contributed by atoms with E-state index < -0.39 is 39.1 Å². The van der Waals surface area contributed by atoms with Crippen LogP contribution in [0.2, 0.25) is 0 Å². The first kappa shape index (κ1) is 22.0. The maximum atomic E-state index is 13.0. The van der Waals surface area contributed by atoms with Crippen LogP contribution in [0.1, 0.15) is 40.0 Å². The zero-order valence-corrected chi connectivity index (χ0v) is 16.8. The first-order valence-corrected chi connectivity index (χ1v) is 10.4. The Hall–Kier alpha value is -2.33. The average molecular weight is 413 g/mol. The lowest BCUT2D eigenvalue weighted by molar-refractivity contribution is -0.153. The SMILES string of the molecule is CCC(C)(C)C(=O)C(=O)N1CCCC1N(C=O)NS(=O)(=O)c1ccc(F)cc1. The van der Waals surface area contributed by atoms with Crippen LogP contribution in [0.5, 0.6) is 0 Å². The molecule has 0 aliphatic carbocycles. The maximum absolute atomic E-state index is 13.0. The number of Topliss-reactive ketones (excluding diaryl/α,β-unsaturated/α-hetero) is 1. The van der Waals surface area contributed by atoms with E-state index >= 15 is 0 Å². The van der Waals surface area contributed by atoms with Crippen LogP contribution < -0.4 is 4.83 Å². The Labute approximate surface area is 163 Å². The Morgan fingerprint density at radius 3 is 2.46 bits per heavy atom. The normalized spacial score (nSPS) is 17.4. The minimum atomic E-state index is -4.17. The number of hydrogen-bond acceptors (Lipinski definition) is 5. The molecule has 1 heterocycles. The summed E-state index contributed by atoms with van der Waals surface area (Å²) in [4.78, 5) is 39.8. The molecule has 8 nitrogen and oxygen atoms in total. The maximum Gasteiger partial charge on any atom is 0.292 e. The summed E-state index contributed by atoms with van der Waals surface area (Å²) in [6.45, 7) is 5.35. The summed E-state index contributed by atoms with van der Waals surface area (Å²) in [6.07, 6.45) is 0.629. The van der Waals surface area contributed by atoms with Gasteiger partial charge in [0.2, 0.25) is 12.2 Å². The number of benzene rings is 1. The number of halogens is 1. The first-order valence-electron chi connectivity index (χ1n) is 8.90. The monoisotopic (exact) mass is 413 g/mol. The quantitative estimate of drug-likeness (QED) is 0.394. The smallest absolute Gasteiger partial charge is 0.292 e. The molecule has 1 aliphatic heterocycles. The Morgan fingerprint density at radius 1 is 1.32 bits per heavy atom. The van der Waals surface area contributed by atoms with Gasteiger partial charge < -0.3 is 4.90 Å². The highest BCUT2D eigenvalue weighted by Crippen LogP contribution is 2.26. The topological polar surface area (TPSA) is 104 Å². The molecule has 1 N–H and O–H groups in total. The summed E-state index contributed by atoms with van der Waals surface area (Å²) in [6, 6.07) is 4.09. The highest BCUT2D eigenvalue weighted by Gasteiger charge is 2.41. The van der Waals surface area contributed by atoms with Gasteiger partial charge >= 0.3 is 0 Å². The fourth-order valence-electron chi connectivity index (χ4n) is 2.81. The second-order valence-corrected chi connectivity index (χ2v) is 8.91. The van der Waals surface area contributed by atoms with E-state index in [-0.39, 0.29) is 17.9 Å². The van der Waals surface area contributed by atoms with E-state index in [4.69, 9.17) is 0 Å². The third kappa shape index (κ3) is 4.56. The molecule has 28 heavy (non-hydrogen) atoms. The third-order valence-corrected chi connectivity index (χ3v) is 6.30. The number of hydrazine groups is 1. The molecule has 2 rings (SSSR count). The van der Waals surface area contributed by atoms with Crippen molar-refractivity contribution >= 4 is 28.1 Å². The predicted octanol–water partition coefficient (Wildman–Crippen LogP) is 1.43. The molecule has 1 unspecified atom stereocenters. The van der Waals surface area contributed by atoms with Gasteiger partial charge in [-0.3, -0.25) is 14.4 Å². The summed E-state index contributed by atoms with van der Waals surface area (Å²) < 4.78 is 38.0. The number of nitrogens with one attached hydrogen (secondary N) is 1. The molecule has 1 aromatic rings. The van der Waals surface area contributed by atoms with Gasteiger partial charge in [0.05, 0.1) is 4.90 Å². The van der Waals surface area contributed by atoms with Gasteiger partial charge in [-0.05, 0) is 43.5 Å². The fourth-order valence-corrected chi connectivity index (χ4v) is 3.86. The molecule has 1 saturated heterocycles. The number of nitrogens with zero attached hydrogens (tertiary/aromatic N) is 2. The van der Waals surface area contributed by atoms with Crippen molar-refractivity contribution < 1.29 is 27.2 Å². The molecule has 0 saturated carbocycles. The van der Waals surface area contributed by atoms with Crippen LogP contribution in [0.25, 0.3) is 0 Å². The van der Waals surface area contributed by atoms with Crippen molar-refractivity contribution in [1.82, 2.24) is 14.7 Å².